The summed E-state index contributed by atoms with van der Waals surface area (Å²) in [6.07, 6.45) is 5.65. The van der Waals surface area contributed by atoms with E-state index in [9.17, 15) is 0 Å². The second-order valence-corrected chi connectivity index (χ2v) is 6.38. The molecule has 0 nitrogen and oxygen atoms in total. The molecule has 0 aromatic heterocycles. The van der Waals surface area contributed by atoms with Gasteiger partial charge in [0.25, 0.3) is 0 Å². The van der Waals surface area contributed by atoms with E-state index in [-0.39, 0.29) is 0 Å². The largest absolute Gasteiger partial charge is 0.0651 e. The minimum atomic E-state index is 0.533. The maximum Gasteiger partial charge on any atom is -0.0295 e. The molecule has 4 unspecified atom stereocenters. The average Bonchev–Trinajstić information content (AvgIpc) is 2.58. The summed E-state index contributed by atoms with van der Waals surface area (Å²) in [5.74, 6) is 3.75. The third-order valence-corrected chi connectivity index (χ3v) is 5.38. The molecule has 90 valence electrons. The molecular formula is C15H30. The molecule has 0 radical (unpaired) electrons. The Balaban J connectivity index is 2.83. The molecule has 0 amide bonds. The van der Waals surface area contributed by atoms with E-state index in [1.807, 2.05) is 0 Å². The normalized spacial score (nSPS) is 34.4. The van der Waals surface area contributed by atoms with Crippen molar-refractivity contribution >= 4 is 0 Å². The number of rotatable bonds is 4. The van der Waals surface area contributed by atoms with Crippen molar-refractivity contribution in [3.05, 3.63) is 0 Å². The second kappa shape index (κ2) is 4.89. The Morgan fingerprint density at radius 1 is 1.20 bits per heavy atom. The van der Waals surface area contributed by atoms with Crippen molar-refractivity contribution in [2.75, 3.05) is 0 Å². The van der Waals surface area contributed by atoms with Crippen molar-refractivity contribution in [3.63, 3.8) is 0 Å². The van der Waals surface area contributed by atoms with Crippen LogP contribution in [0.3, 0.4) is 0 Å². The van der Waals surface area contributed by atoms with Gasteiger partial charge >= 0.3 is 0 Å². The summed E-state index contributed by atoms with van der Waals surface area (Å²) in [5.41, 5.74) is 0.533. The highest BCUT2D eigenvalue weighted by molar-refractivity contribution is 4.93. The molecule has 0 bridgehead atoms. The topological polar surface area (TPSA) is 0 Å². The lowest BCUT2D eigenvalue weighted by Gasteiger charge is -2.42. The van der Waals surface area contributed by atoms with Crippen LogP contribution in [0.1, 0.15) is 67.2 Å². The SMILES string of the molecule is CCC1CCC(C)C1C(C)(C)C(C)CC. The first-order chi connectivity index (χ1) is 6.95. The molecule has 0 spiro atoms. The molecule has 0 N–H and O–H groups in total. The Kier molecular flexibility index (Phi) is 4.26. The van der Waals surface area contributed by atoms with Crippen LogP contribution in [0.5, 0.6) is 0 Å². The molecular weight excluding hydrogens is 180 g/mol. The fraction of sp³-hybridized carbons (Fsp3) is 1.00. The van der Waals surface area contributed by atoms with Crippen LogP contribution in [0, 0.1) is 29.1 Å². The van der Waals surface area contributed by atoms with E-state index in [0.29, 0.717) is 5.41 Å². The molecule has 0 heterocycles. The monoisotopic (exact) mass is 210 g/mol. The average molecular weight is 210 g/mol. The number of hydrogen-bond acceptors (Lipinski definition) is 0. The molecule has 1 aliphatic rings. The Morgan fingerprint density at radius 2 is 1.80 bits per heavy atom. The summed E-state index contributed by atoms with van der Waals surface area (Å²) >= 11 is 0. The van der Waals surface area contributed by atoms with Gasteiger partial charge in [0.1, 0.15) is 0 Å². The zero-order chi connectivity index (χ0) is 11.6. The maximum atomic E-state index is 2.51. The summed E-state index contributed by atoms with van der Waals surface area (Å²) in [5, 5.41) is 0. The Morgan fingerprint density at radius 3 is 2.27 bits per heavy atom. The van der Waals surface area contributed by atoms with E-state index >= 15 is 0 Å². The first-order valence-electron chi connectivity index (χ1n) is 6.95. The standard InChI is InChI=1S/C15H30/c1-7-12(4)15(5,6)14-11(3)9-10-13(14)8-2/h11-14H,7-10H2,1-6H3. The van der Waals surface area contributed by atoms with Crippen molar-refractivity contribution in [3.8, 4) is 0 Å². The Bertz CT molecular complexity index is 192. The van der Waals surface area contributed by atoms with Crippen molar-refractivity contribution in [2.24, 2.45) is 29.1 Å². The fourth-order valence-corrected chi connectivity index (χ4v) is 3.95. The molecule has 1 saturated carbocycles. The van der Waals surface area contributed by atoms with Crippen molar-refractivity contribution in [1.82, 2.24) is 0 Å². The molecule has 0 aliphatic heterocycles. The van der Waals surface area contributed by atoms with E-state index in [1.165, 1.54) is 25.7 Å². The first-order valence-corrected chi connectivity index (χ1v) is 6.95. The van der Waals surface area contributed by atoms with Crippen molar-refractivity contribution < 1.29 is 0 Å². The van der Waals surface area contributed by atoms with E-state index < -0.39 is 0 Å². The van der Waals surface area contributed by atoms with Crippen LogP contribution < -0.4 is 0 Å². The molecule has 1 aliphatic carbocycles. The van der Waals surface area contributed by atoms with E-state index in [4.69, 9.17) is 0 Å². The van der Waals surface area contributed by atoms with Gasteiger partial charge in [-0.2, -0.15) is 0 Å². The lowest BCUT2D eigenvalue weighted by Crippen LogP contribution is -2.36. The number of hydrogen-bond donors (Lipinski definition) is 0. The molecule has 4 atom stereocenters. The minimum Gasteiger partial charge on any atom is -0.0651 e. The van der Waals surface area contributed by atoms with Gasteiger partial charge in [0.2, 0.25) is 0 Å². The zero-order valence-corrected chi connectivity index (χ0v) is 11.6. The second-order valence-electron chi connectivity index (χ2n) is 6.38. The van der Waals surface area contributed by atoms with Crippen LogP contribution in [0.25, 0.3) is 0 Å². The summed E-state index contributed by atoms with van der Waals surface area (Å²) in [6.45, 7) is 14.7. The minimum absolute atomic E-state index is 0.533. The van der Waals surface area contributed by atoms with Crippen LogP contribution >= 0.6 is 0 Å². The molecule has 0 aromatic rings. The third-order valence-electron chi connectivity index (χ3n) is 5.38. The molecule has 0 saturated heterocycles. The third kappa shape index (κ3) is 2.40. The van der Waals surface area contributed by atoms with Crippen molar-refractivity contribution in [2.45, 2.75) is 67.2 Å². The summed E-state index contributed by atoms with van der Waals surface area (Å²) in [6, 6.07) is 0. The summed E-state index contributed by atoms with van der Waals surface area (Å²) < 4.78 is 0. The molecule has 0 aromatic carbocycles. The Hall–Kier alpha value is 0. The van der Waals surface area contributed by atoms with Gasteiger partial charge in [-0.25, -0.2) is 0 Å². The smallest absolute Gasteiger partial charge is 0.0295 e. The zero-order valence-electron chi connectivity index (χ0n) is 11.6. The van der Waals surface area contributed by atoms with Crippen LogP contribution in [-0.4, -0.2) is 0 Å². The molecule has 1 rings (SSSR count). The van der Waals surface area contributed by atoms with Crippen molar-refractivity contribution in [1.29, 1.82) is 0 Å². The van der Waals surface area contributed by atoms with Crippen LogP contribution in [0.15, 0.2) is 0 Å². The van der Waals surface area contributed by atoms with Gasteiger partial charge in [-0.15, -0.1) is 0 Å². The van der Waals surface area contributed by atoms with Crippen LogP contribution in [0.2, 0.25) is 0 Å². The highest BCUT2D eigenvalue weighted by atomic mass is 14.5. The highest BCUT2D eigenvalue weighted by Gasteiger charge is 2.44. The van der Waals surface area contributed by atoms with Gasteiger partial charge in [-0.3, -0.25) is 0 Å². The van der Waals surface area contributed by atoms with Crippen LogP contribution in [-0.2, 0) is 0 Å². The van der Waals surface area contributed by atoms with Gasteiger partial charge in [-0.05, 0) is 35.5 Å². The van der Waals surface area contributed by atoms with Gasteiger partial charge in [-0.1, -0.05) is 60.8 Å². The predicted molar refractivity (Wildman–Crippen MR) is 68.9 cm³/mol. The molecule has 15 heavy (non-hydrogen) atoms. The Labute approximate surface area is 96.8 Å². The maximum absolute atomic E-state index is 2.51. The summed E-state index contributed by atoms with van der Waals surface area (Å²) in [4.78, 5) is 0. The predicted octanol–water partition coefficient (Wildman–Crippen LogP) is 5.13. The van der Waals surface area contributed by atoms with Gasteiger partial charge in [0.15, 0.2) is 0 Å². The molecule has 1 fully saturated rings. The van der Waals surface area contributed by atoms with Gasteiger partial charge in [0, 0.05) is 0 Å². The van der Waals surface area contributed by atoms with Gasteiger partial charge in [0.05, 0.1) is 0 Å². The van der Waals surface area contributed by atoms with E-state index in [2.05, 4.69) is 41.5 Å². The lowest BCUT2D eigenvalue weighted by atomic mass is 9.63. The van der Waals surface area contributed by atoms with Crippen LogP contribution in [0.4, 0.5) is 0 Å². The first kappa shape index (κ1) is 13.1. The lowest BCUT2D eigenvalue weighted by molar-refractivity contribution is 0.0622. The fourth-order valence-electron chi connectivity index (χ4n) is 3.95. The van der Waals surface area contributed by atoms with E-state index in [1.54, 1.807) is 0 Å². The van der Waals surface area contributed by atoms with E-state index in [0.717, 1.165) is 23.7 Å². The quantitative estimate of drug-likeness (QED) is 0.603. The highest BCUT2D eigenvalue weighted by Crippen LogP contribution is 2.52. The van der Waals surface area contributed by atoms with Gasteiger partial charge < -0.3 is 0 Å². The summed E-state index contributed by atoms with van der Waals surface area (Å²) in [7, 11) is 0. The molecule has 0 heteroatoms.